The maximum absolute atomic E-state index is 13.9. The van der Waals surface area contributed by atoms with E-state index < -0.39 is 29.3 Å². The number of Topliss-reactive ketones (excluding diaryl/α,β-unsaturated/α-hetero) is 1. The second kappa shape index (κ2) is 10.1. The number of carbonyl (C=O) groups excluding carboxylic acids is 2. The predicted octanol–water partition coefficient (Wildman–Crippen LogP) is 5.78. The molecule has 1 heterocycles. The third kappa shape index (κ3) is 4.34. The van der Waals surface area contributed by atoms with Crippen molar-refractivity contribution in [2.75, 3.05) is 26.2 Å². The number of hydrogen-bond acceptors (Lipinski definition) is 6. The summed E-state index contributed by atoms with van der Waals surface area (Å²) in [6.45, 7) is 0. The summed E-state index contributed by atoms with van der Waals surface area (Å²) in [7, 11) is 4.30. The van der Waals surface area contributed by atoms with Crippen molar-refractivity contribution in [1.82, 2.24) is 0 Å². The van der Waals surface area contributed by atoms with Gasteiger partial charge in [-0.25, -0.2) is 4.39 Å². The van der Waals surface area contributed by atoms with Gasteiger partial charge in [0.05, 0.1) is 48.6 Å². The summed E-state index contributed by atoms with van der Waals surface area (Å²) in [5, 5.41) is 11.3. The number of aliphatic hydroxyl groups excluding tert-OH is 1. The average molecular weight is 532 g/mol. The van der Waals surface area contributed by atoms with Gasteiger partial charge in [0, 0.05) is 11.8 Å². The van der Waals surface area contributed by atoms with Gasteiger partial charge in [-0.3, -0.25) is 14.5 Å². The number of carbonyl (C=O) groups is 2. The minimum atomic E-state index is -1.08. The van der Waals surface area contributed by atoms with Crippen LogP contribution >= 0.6 is 23.2 Å². The predicted molar refractivity (Wildman–Crippen MR) is 134 cm³/mol. The van der Waals surface area contributed by atoms with E-state index in [1.165, 1.54) is 45.6 Å². The minimum Gasteiger partial charge on any atom is -0.507 e. The summed E-state index contributed by atoms with van der Waals surface area (Å²) in [4.78, 5) is 27.8. The molecule has 0 saturated carbocycles. The van der Waals surface area contributed by atoms with Gasteiger partial charge < -0.3 is 19.3 Å². The first-order valence-corrected chi connectivity index (χ1v) is 11.3. The zero-order valence-electron chi connectivity index (χ0n) is 19.3. The third-order valence-corrected chi connectivity index (χ3v) is 6.37. The van der Waals surface area contributed by atoms with Crippen LogP contribution < -0.4 is 19.1 Å². The van der Waals surface area contributed by atoms with Crippen LogP contribution in [0.1, 0.15) is 17.2 Å². The van der Waals surface area contributed by atoms with E-state index >= 15 is 0 Å². The Morgan fingerprint density at radius 3 is 2.14 bits per heavy atom. The second-order valence-corrected chi connectivity index (χ2v) is 8.54. The SMILES string of the molecule is COc1ccc(C2/C(=C(\O)c3cc(Cl)c(OC)cc3OC)C(=O)C(=O)N2c2ccc(F)c(Cl)c2)cc1. The monoisotopic (exact) mass is 531 g/mol. The summed E-state index contributed by atoms with van der Waals surface area (Å²) >= 11 is 12.2. The van der Waals surface area contributed by atoms with Gasteiger partial charge in [0.25, 0.3) is 11.7 Å². The van der Waals surface area contributed by atoms with Crippen molar-refractivity contribution < 1.29 is 33.3 Å². The number of rotatable bonds is 6. The molecule has 4 rings (SSSR count). The Hall–Kier alpha value is -3.75. The molecule has 0 radical (unpaired) electrons. The van der Waals surface area contributed by atoms with Gasteiger partial charge in [0.2, 0.25) is 0 Å². The van der Waals surface area contributed by atoms with Gasteiger partial charge in [-0.2, -0.15) is 0 Å². The molecule has 1 amide bonds. The summed E-state index contributed by atoms with van der Waals surface area (Å²) in [5.74, 6) is -2.08. The minimum absolute atomic E-state index is 0.0805. The highest BCUT2D eigenvalue weighted by Crippen LogP contribution is 2.45. The van der Waals surface area contributed by atoms with Crippen molar-refractivity contribution in [2.45, 2.75) is 6.04 Å². The highest BCUT2D eigenvalue weighted by molar-refractivity contribution is 6.52. The van der Waals surface area contributed by atoms with Crippen LogP contribution in [0, 0.1) is 5.82 Å². The van der Waals surface area contributed by atoms with E-state index in [9.17, 15) is 19.1 Å². The van der Waals surface area contributed by atoms with Crippen molar-refractivity contribution in [3.8, 4) is 17.2 Å². The molecule has 0 aromatic heterocycles. The maximum Gasteiger partial charge on any atom is 0.300 e. The smallest absolute Gasteiger partial charge is 0.300 e. The van der Waals surface area contributed by atoms with Crippen molar-refractivity contribution in [1.29, 1.82) is 0 Å². The Balaban J connectivity index is 1.99. The molecular formula is C26H20Cl2FNO6. The lowest BCUT2D eigenvalue weighted by Gasteiger charge is -2.26. The molecule has 0 spiro atoms. The van der Waals surface area contributed by atoms with Crippen LogP contribution in [0.15, 0.2) is 60.2 Å². The zero-order valence-corrected chi connectivity index (χ0v) is 20.9. The first-order chi connectivity index (χ1) is 17.2. The Labute approximate surface area is 216 Å². The fourth-order valence-corrected chi connectivity index (χ4v) is 4.44. The molecule has 1 aliphatic heterocycles. The molecule has 186 valence electrons. The Bertz CT molecular complexity index is 1390. The van der Waals surface area contributed by atoms with Crippen LogP contribution in [0.4, 0.5) is 10.1 Å². The van der Waals surface area contributed by atoms with Gasteiger partial charge in [-0.05, 0) is 42.0 Å². The quantitative estimate of drug-likeness (QED) is 0.246. The molecule has 1 unspecified atom stereocenters. The molecule has 0 aliphatic carbocycles. The number of ether oxygens (including phenoxy) is 3. The lowest BCUT2D eigenvalue weighted by Crippen LogP contribution is -2.29. The van der Waals surface area contributed by atoms with E-state index in [-0.39, 0.29) is 38.4 Å². The largest absolute Gasteiger partial charge is 0.507 e. The number of aliphatic hydroxyl groups is 1. The number of anilines is 1. The number of hydrogen-bond donors (Lipinski definition) is 1. The molecule has 1 fully saturated rings. The molecule has 10 heteroatoms. The first kappa shape index (κ1) is 25.3. The molecular weight excluding hydrogens is 512 g/mol. The second-order valence-electron chi connectivity index (χ2n) is 7.73. The first-order valence-electron chi connectivity index (χ1n) is 10.5. The molecule has 7 nitrogen and oxygen atoms in total. The van der Waals surface area contributed by atoms with Crippen molar-refractivity contribution in [3.63, 3.8) is 0 Å². The molecule has 3 aromatic rings. The molecule has 0 bridgehead atoms. The Morgan fingerprint density at radius 1 is 0.889 bits per heavy atom. The van der Waals surface area contributed by atoms with Gasteiger partial charge in [0.1, 0.15) is 28.8 Å². The number of methoxy groups -OCH3 is 3. The topological polar surface area (TPSA) is 85.3 Å². The summed E-state index contributed by atoms with van der Waals surface area (Å²) < 4.78 is 29.7. The van der Waals surface area contributed by atoms with Crippen LogP contribution in [0.3, 0.4) is 0 Å². The molecule has 1 atom stereocenters. The molecule has 36 heavy (non-hydrogen) atoms. The zero-order chi connectivity index (χ0) is 26.1. The van der Waals surface area contributed by atoms with E-state index in [0.717, 1.165) is 11.0 Å². The summed E-state index contributed by atoms with van der Waals surface area (Å²) in [5.41, 5.74) is 0.515. The highest BCUT2D eigenvalue weighted by Gasteiger charge is 2.47. The number of ketones is 1. The summed E-state index contributed by atoms with van der Waals surface area (Å²) in [6.07, 6.45) is 0. The van der Waals surface area contributed by atoms with Gasteiger partial charge >= 0.3 is 0 Å². The Kier molecular flexibility index (Phi) is 7.10. The number of halogens is 3. The molecule has 1 N–H and O–H groups in total. The molecule has 1 aliphatic rings. The van der Waals surface area contributed by atoms with E-state index in [1.54, 1.807) is 24.3 Å². The third-order valence-electron chi connectivity index (χ3n) is 5.79. The van der Waals surface area contributed by atoms with Crippen molar-refractivity contribution in [3.05, 3.63) is 87.2 Å². The van der Waals surface area contributed by atoms with E-state index in [0.29, 0.717) is 11.3 Å². The number of nitrogens with zero attached hydrogens (tertiary/aromatic N) is 1. The highest BCUT2D eigenvalue weighted by atomic mass is 35.5. The van der Waals surface area contributed by atoms with Crippen LogP contribution in [0.5, 0.6) is 17.2 Å². The fourth-order valence-electron chi connectivity index (χ4n) is 4.03. The molecule has 3 aromatic carbocycles. The van der Waals surface area contributed by atoms with Crippen LogP contribution in [0.25, 0.3) is 5.76 Å². The lowest BCUT2D eigenvalue weighted by atomic mass is 9.94. The van der Waals surface area contributed by atoms with E-state index in [1.807, 2.05) is 0 Å². The Morgan fingerprint density at radius 2 is 1.56 bits per heavy atom. The maximum atomic E-state index is 13.9. The average Bonchev–Trinajstić information content (AvgIpc) is 3.15. The van der Waals surface area contributed by atoms with Crippen LogP contribution in [-0.4, -0.2) is 38.1 Å². The van der Waals surface area contributed by atoms with Gasteiger partial charge in [-0.1, -0.05) is 35.3 Å². The van der Waals surface area contributed by atoms with Crippen LogP contribution in [0.2, 0.25) is 10.0 Å². The van der Waals surface area contributed by atoms with Crippen LogP contribution in [-0.2, 0) is 9.59 Å². The number of benzene rings is 3. The molecule has 1 saturated heterocycles. The normalized spacial score (nSPS) is 16.8. The number of amides is 1. The summed E-state index contributed by atoms with van der Waals surface area (Å²) in [6, 6.07) is 12.0. The van der Waals surface area contributed by atoms with Gasteiger partial charge in [0.15, 0.2) is 0 Å². The van der Waals surface area contributed by atoms with E-state index in [2.05, 4.69) is 0 Å². The lowest BCUT2D eigenvalue weighted by molar-refractivity contribution is -0.132. The van der Waals surface area contributed by atoms with E-state index in [4.69, 9.17) is 37.4 Å². The van der Waals surface area contributed by atoms with Gasteiger partial charge in [-0.15, -0.1) is 0 Å². The van der Waals surface area contributed by atoms with Crippen molar-refractivity contribution in [2.24, 2.45) is 0 Å². The standard InChI is InChI=1S/C26H20Cl2FNO6/c1-34-15-7-4-13(5-8-15)23-22(24(31)16-11-18(28)21(36-3)12-20(16)35-2)25(32)26(33)30(23)14-6-9-19(29)17(27)10-14/h4-12,23,31H,1-3H3/b24-22+. The fraction of sp³-hybridized carbons (Fsp3) is 0.154. The van der Waals surface area contributed by atoms with Crippen molar-refractivity contribution >= 4 is 46.3 Å².